The van der Waals surface area contributed by atoms with Crippen molar-refractivity contribution in [3.8, 4) is 0 Å². The quantitative estimate of drug-likeness (QED) is 0.867. The van der Waals surface area contributed by atoms with Crippen LogP contribution in [0.2, 0.25) is 0 Å². The van der Waals surface area contributed by atoms with Crippen molar-refractivity contribution in [1.82, 2.24) is 15.3 Å². The largest absolute Gasteiger partial charge is 0.353 e. The fourth-order valence-corrected chi connectivity index (χ4v) is 1.94. The van der Waals surface area contributed by atoms with Gasteiger partial charge in [-0.15, -0.1) is 0 Å². The van der Waals surface area contributed by atoms with Gasteiger partial charge < -0.3 is 10.2 Å². The molecule has 1 heterocycles. The van der Waals surface area contributed by atoms with E-state index in [1.165, 1.54) is 0 Å². The zero-order valence-electron chi connectivity index (χ0n) is 14.1. The smallest absolute Gasteiger partial charge is 0.147 e. The maximum Gasteiger partial charge on any atom is 0.147 e. The molecule has 0 saturated heterocycles. The Kier molecular flexibility index (Phi) is 5.93. The van der Waals surface area contributed by atoms with Crippen molar-refractivity contribution >= 4 is 5.82 Å². The summed E-state index contributed by atoms with van der Waals surface area (Å²) in [6.45, 7) is 17.1. The van der Waals surface area contributed by atoms with Gasteiger partial charge in [0.05, 0.1) is 11.9 Å². The summed E-state index contributed by atoms with van der Waals surface area (Å²) in [7, 11) is 0. The van der Waals surface area contributed by atoms with E-state index in [-0.39, 0.29) is 5.54 Å². The van der Waals surface area contributed by atoms with E-state index >= 15 is 0 Å². The lowest BCUT2D eigenvalue weighted by atomic mass is 10.1. The molecule has 1 aromatic heterocycles. The summed E-state index contributed by atoms with van der Waals surface area (Å²) in [6, 6.07) is 0.428. The van der Waals surface area contributed by atoms with Gasteiger partial charge in [0.15, 0.2) is 0 Å². The maximum absolute atomic E-state index is 4.75. The van der Waals surface area contributed by atoms with Crippen molar-refractivity contribution < 1.29 is 0 Å². The molecule has 1 aromatic rings. The Labute approximate surface area is 124 Å². The van der Waals surface area contributed by atoms with Gasteiger partial charge >= 0.3 is 0 Å². The van der Waals surface area contributed by atoms with Crippen LogP contribution in [-0.2, 0) is 6.54 Å². The van der Waals surface area contributed by atoms with Crippen LogP contribution in [0.1, 0.15) is 54.2 Å². The van der Waals surface area contributed by atoms with E-state index in [1.54, 1.807) is 0 Å². The van der Waals surface area contributed by atoms with Gasteiger partial charge in [-0.05, 0) is 40.5 Å². The lowest BCUT2D eigenvalue weighted by molar-refractivity contribution is 0.420. The zero-order chi connectivity index (χ0) is 15.3. The molecule has 4 heteroatoms. The zero-order valence-corrected chi connectivity index (χ0v) is 14.1. The minimum Gasteiger partial charge on any atom is -0.353 e. The third-order valence-corrected chi connectivity index (χ3v) is 2.95. The monoisotopic (exact) mass is 278 g/mol. The summed E-state index contributed by atoms with van der Waals surface area (Å²) in [5, 5.41) is 3.45. The van der Waals surface area contributed by atoms with Gasteiger partial charge in [-0.1, -0.05) is 13.8 Å². The Hall–Kier alpha value is -1.16. The molecule has 1 N–H and O–H groups in total. The van der Waals surface area contributed by atoms with E-state index in [1.807, 2.05) is 12.4 Å². The van der Waals surface area contributed by atoms with Crippen molar-refractivity contribution in [2.24, 2.45) is 5.92 Å². The number of rotatable bonds is 6. The predicted molar refractivity (Wildman–Crippen MR) is 85.9 cm³/mol. The van der Waals surface area contributed by atoms with Gasteiger partial charge in [-0.3, -0.25) is 4.98 Å². The molecule has 20 heavy (non-hydrogen) atoms. The molecule has 114 valence electrons. The number of nitrogens with zero attached hydrogens (tertiary/aromatic N) is 3. The fourth-order valence-electron chi connectivity index (χ4n) is 1.94. The van der Waals surface area contributed by atoms with Gasteiger partial charge in [-0.2, -0.15) is 0 Å². The Morgan fingerprint density at radius 2 is 1.80 bits per heavy atom. The first kappa shape index (κ1) is 16.9. The molecule has 4 nitrogen and oxygen atoms in total. The van der Waals surface area contributed by atoms with Crippen molar-refractivity contribution in [3.63, 3.8) is 0 Å². The minimum absolute atomic E-state index is 0.0906. The van der Waals surface area contributed by atoms with Crippen LogP contribution in [0.5, 0.6) is 0 Å². The highest BCUT2D eigenvalue weighted by molar-refractivity contribution is 5.37. The van der Waals surface area contributed by atoms with E-state index < -0.39 is 0 Å². The van der Waals surface area contributed by atoms with Crippen LogP contribution in [-0.4, -0.2) is 28.1 Å². The third-order valence-electron chi connectivity index (χ3n) is 2.95. The standard InChI is InChI=1S/C16H30N4/c1-12(2)11-20(13(3)4)15-10-17-8-14(19-15)9-18-16(5,6)7/h8,10,12-13,18H,9,11H2,1-7H3. The molecule has 0 amide bonds. The molecule has 0 aliphatic rings. The first-order chi connectivity index (χ1) is 9.19. The van der Waals surface area contributed by atoms with Crippen LogP contribution < -0.4 is 10.2 Å². The van der Waals surface area contributed by atoms with Crippen molar-refractivity contribution in [2.45, 2.75) is 66.6 Å². The first-order valence-corrected chi connectivity index (χ1v) is 7.51. The van der Waals surface area contributed by atoms with Crippen LogP contribution in [0.15, 0.2) is 12.4 Å². The second-order valence-electron chi connectivity index (χ2n) is 7.11. The fraction of sp³-hybridized carbons (Fsp3) is 0.750. The summed E-state index contributed by atoms with van der Waals surface area (Å²) in [6.07, 6.45) is 3.71. The number of hydrogen-bond donors (Lipinski definition) is 1. The topological polar surface area (TPSA) is 41.1 Å². The molecule has 0 fully saturated rings. The second-order valence-corrected chi connectivity index (χ2v) is 7.11. The molecule has 0 saturated carbocycles. The lowest BCUT2D eigenvalue weighted by Gasteiger charge is -2.29. The Morgan fingerprint density at radius 3 is 2.30 bits per heavy atom. The van der Waals surface area contributed by atoms with Crippen LogP contribution in [0.3, 0.4) is 0 Å². The average molecular weight is 278 g/mol. The van der Waals surface area contributed by atoms with E-state index in [0.717, 1.165) is 24.6 Å². The van der Waals surface area contributed by atoms with Crippen LogP contribution in [0.4, 0.5) is 5.82 Å². The Morgan fingerprint density at radius 1 is 1.15 bits per heavy atom. The number of nitrogens with one attached hydrogen (secondary N) is 1. The van der Waals surface area contributed by atoms with E-state index in [4.69, 9.17) is 4.98 Å². The lowest BCUT2D eigenvalue weighted by Crippen LogP contribution is -2.36. The maximum atomic E-state index is 4.75. The number of anilines is 1. The number of aromatic nitrogens is 2. The Bertz CT molecular complexity index is 407. The van der Waals surface area contributed by atoms with Crippen LogP contribution in [0, 0.1) is 5.92 Å². The average Bonchev–Trinajstić information content (AvgIpc) is 2.32. The van der Waals surface area contributed by atoms with Crippen molar-refractivity contribution in [1.29, 1.82) is 0 Å². The molecule has 0 aliphatic carbocycles. The number of hydrogen-bond acceptors (Lipinski definition) is 4. The highest BCUT2D eigenvalue weighted by Gasteiger charge is 2.15. The molecule has 0 spiro atoms. The second kappa shape index (κ2) is 7.02. The van der Waals surface area contributed by atoms with Gasteiger partial charge in [0.25, 0.3) is 0 Å². The molecule has 0 aliphatic heterocycles. The van der Waals surface area contributed by atoms with Crippen molar-refractivity contribution in [3.05, 3.63) is 18.1 Å². The first-order valence-electron chi connectivity index (χ1n) is 7.51. The molecule has 1 rings (SSSR count). The van der Waals surface area contributed by atoms with Gasteiger partial charge in [0.1, 0.15) is 5.82 Å². The molecular weight excluding hydrogens is 248 g/mol. The summed E-state index contributed by atoms with van der Waals surface area (Å²) in [5.74, 6) is 1.58. The summed E-state index contributed by atoms with van der Waals surface area (Å²) < 4.78 is 0. The van der Waals surface area contributed by atoms with E-state index in [9.17, 15) is 0 Å². The van der Waals surface area contributed by atoms with Crippen molar-refractivity contribution in [2.75, 3.05) is 11.4 Å². The summed E-state index contributed by atoms with van der Waals surface area (Å²) in [4.78, 5) is 11.4. The van der Waals surface area contributed by atoms with Gasteiger partial charge in [0, 0.05) is 30.9 Å². The minimum atomic E-state index is 0.0906. The summed E-state index contributed by atoms with van der Waals surface area (Å²) in [5.41, 5.74) is 1.08. The van der Waals surface area contributed by atoms with E-state index in [0.29, 0.717) is 12.0 Å². The predicted octanol–water partition coefficient (Wildman–Crippen LogP) is 3.24. The van der Waals surface area contributed by atoms with Crippen LogP contribution in [0.25, 0.3) is 0 Å². The molecule has 0 radical (unpaired) electrons. The SMILES string of the molecule is CC(C)CN(c1cncc(CNC(C)(C)C)n1)C(C)C. The highest BCUT2D eigenvalue weighted by Crippen LogP contribution is 2.15. The highest BCUT2D eigenvalue weighted by atomic mass is 15.2. The normalized spacial score (nSPS) is 12.2. The van der Waals surface area contributed by atoms with Crippen LogP contribution >= 0.6 is 0 Å². The van der Waals surface area contributed by atoms with Gasteiger partial charge in [0.2, 0.25) is 0 Å². The van der Waals surface area contributed by atoms with E-state index in [2.05, 4.69) is 63.7 Å². The third kappa shape index (κ3) is 5.87. The molecule has 0 bridgehead atoms. The Balaban J connectivity index is 2.84. The molecule has 0 atom stereocenters. The summed E-state index contributed by atoms with van der Waals surface area (Å²) >= 11 is 0. The molecule has 0 unspecified atom stereocenters. The molecule has 0 aromatic carbocycles. The van der Waals surface area contributed by atoms with Gasteiger partial charge in [-0.25, -0.2) is 4.98 Å². The molecular formula is C16H30N4.